The second kappa shape index (κ2) is 4.37. The van der Waals surface area contributed by atoms with Crippen molar-refractivity contribution >= 4 is 11.5 Å². The smallest absolute Gasteiger partial charge is 0.144 e. The molecule has 1 atom stereocenters. The van der Waals surface area contributed by atoms with Gasteiger partial charge >= 0.3 is 0 Å². The normalized spacial score (nSPS) is 16.5. The molecule has 1 unspecified atom stereocenters. The molecule has 1 saturated carbocycles. The van der Waals surface area contributed by atoms with E-state index in [1.165, 1.54) is 6.20 Å². The van der Waals surface area contributed by atoms with Crippen LogP contribution in [0.25, 0.3) is 0 Å². The predicted octanol–water partition coefficient (Wildman–Crippen LogP) is 0.718. The second-order valence-electron chi connectivity index (χ2n) is 4.06. The number of hydrogen-bond acceptors (Lipinski definition) is 5. The molecule has 1 aliphatic rings. The number of rotatable bonds is 4. The highest BCUT2D eigenvalue weighted by Crippen LogP contribution is 2.32. The highest BCUT2D eigenvalue weighted by molar-refractivity contribution is 5.57. The molecule has 0 aliphatic heterocycles. The maximum atomic E-state index is 9.67. The molecule has 0 spiro atoms. The van der Waals surface area contributed by atoms with Gasteiger partial charge in [-0.2, -0.15) is 5.26 Å². The standard InChI is InChI=1S/C11H14N4O/c12-4-8-3-9(13)5-14-11(8)15-6-10(16)7-1-2-7/h3,5,7,10,16H,1-2,6,13H2,(H,14,15). The summed E-state index contributed by atoms with van der Waals surface area (Å²) in [5.74, 6) is 0.892. The van der Waals surface area contributed by atoms with Crippen molar-refractivity contribution in [3.8, 4) is 6.07 Å². The van der Waals surface area contributed by atoms with Gasteiger partial charge < -0.3 is 16.2 Å². The van der Waals surface area contributed by atoms with Crippen molar-refractivity contribution in [2.24, 2.45) is 5.92 Å². The van der Waals surface area contributed by atoms with Crippen LogP contribution in [-0.2, 0) is 0 Å². The van der Waals surface area contributed by atoms with E-state index in [9.17, 15) is 5.11 Å². The van der Waals surface area contributed by atoms with Gasteiger partial charge in [0.25, 0.3) is 0 Å². The summed E-state index contributed by atoms with van der Waals surface area (Å²) < 4.78 is 0. The molecule has 16 heavy (non-hydrogen) atoms. The van der Waals surface area contributed by atoms with Crippen LogP contribution in [0.2, 0.25) is 0 Å². The van der Waals surface area contributed by atoms with Gasteiger partial charge in [0.15, 0.2) is 0 Å². The topological polar surface area (TPSA) is 95.0 Å². The van der Waals surface area contributed by atoms with E-state index >= 15 is 0 Å². The number of nitrogens with one attached hydrogen (secondary N) is 1. The Bertz CT molecular complexity index is 422. The number of pyridine rings is 1. The van der Waals surface area contributed by atoms with E-state index < -0.39 is 0 Å². The number of nitriles is 1. The number of aliphatic hydroxyl groups is 1. The summed E-state index contributed by atoms with van der Waals surface area (Å²) in [4.78, 5) is 4.03. The monoisotopic (exact) mass is 218 g/mol. The average Bonchev–Trinajstić information content (AvgIpc) is 3.10. The Morgan fingerprint density at radius 2 is 2.44 bits per heavy atom. The summed E-state index contributed by atoms with van der Waals surface area (Å²) in [6.45, 7) is 0.427. The Labute approximate surface area is 93.9 Å². The van der Waals surface area contributed by atoms with E-state index in [1.54, 1.807) is 6.07 Å². The van der Waals surface area contributed by atoms with Crippen LogP contribution in [0.4, 0.5) is 11.5 Å². The van der Waals surface area contributed by atoms with Crippen molar-refractivity contribution in [1.82, 2.24) is 4.98 Å². The van der Waals surface area contributed by atoms with Gasteiger partial charge in [0.2, 0.25) is 0 Å². The minimum Gasteiger partial charge on any atom is -0.397 e. The van der Waals surface area contributed by atoms with Crippen LogP contribution in [-0.4, -0.2) is 22.7 Å². The Balaban J connectivity index is 2.00. The van der Waals surface area contributed by atoms with E-state index in [4.69, 9.17) is 11.0 Å². The number of aliphatic hydroxyl groups excluding tert-OH is 1. The van der Waals surface area contributed by atoms with Crippen LogP contribution in [0, 0.1) is 17.2 Å². The lowest BCUT2D eigenvalue weighted by atomic mass is 10.2. The van der Waals surface area contributed by atoms with E-state index in [0.29, 0.717) is 29.5 Å². The van der Waals surface area contributed by atoms with Crippen molar-refractivity contribution in [3.05, 3.63) is 17.8 Å². The molecule has 1 aromatic heterocycles. The minimum atomic E-state index is -0.356. The number of nitrogens with zero attached hydrogens (tertiary/aromatic N) is 2. The minimum absolute atomic E-state index is 0.356. The van der Waals surface area contributed by atoms with Crippen molar-refractivity contribution in [3.63, 3.8) is 0 Å². The van der Waals surface area contributed by atoms with Crippen LogP contribution < -0.4 is 11.1 Å². The highest BCUT2D eigenvalue weighted by Gasteiger charge is 2.29. The van der Waals surface area contributed by atoms with Gasteiger partial charge in [-0.1, -0.05) is 0 Å². The predicted molar refractivity (Wildman–Crippen MR) is 60.6 cm³/mol. The van der Waals surface area contributed by atoms with Crippen LogP contribution in [0.15, 0.2) is 12.3 Å². The fraction of sp³-hybridized carbons (Fsp3) is 0.455. The molecule has 0 aromatic carbocycles. The first-order valence-electron chi connectivity index (χ1n) is 5.28. The van der Waals surface area contributed by atoms with Gasteiger partial charge in [-0.15, -0.1) is 0 Å². The van der Waals surface area contributed by atoms with Gasteiger partial charge in [-0.3, -0.25) is 0 Å². The van der Waals surface area contributed by atoms with E-state index in [-0.39, 0.29) is 6.10 Å². The van der Waals surface area contributed by atoms with Crippen molar-refractivity contribution < 1.29 is 5.11 Å². The fourth-order valence-electron chi connectivity index (χ4n) is 1.56. The zero-order valence-electron chi connectivity index (χ0n) is 8.85. The second-order valence-corrected chi connectivity index (χ2v) is 4.06. The maximum Gasteiger partial charge on any atom is 0.144 e. The lowest BCUT2D eigenvalue weighted by molar-refractivity contribution is 0.164. The van der Waals surface area contributed by atoms with E-state index in [0.717, 1.165) is 12.8 Å². The summed E-state index contributed by atoms with van der Waals surface area (Å²) in [5, 5.41) is 21.5. The molecule has 1 fully saturated rings. The summed E-state index contributed by atoms with van der Waals surface area (Å²) >= 11 is 0. The van der Waals surface area contributed by atoms with Crippen LogP contribution in [0.3, 0.4) is 0 Å². The molecule has 4 N–H and O–H groups in total. The van der Waals surface area contributed by atoms with Crippen molar-refractivity contribution in [2.75, 3.05) is 17.6 Å². The SMILES string of the molecule is N#Cc1cc(N)cnc1NCC(O)C1CC1. The van der Waals surface area contributed by atoms with Gasteiger partial charge in [-0.05, 0) is 24.8 Å². The average molecular weight is 218 g/mol. The molecular formula is C11H14N4O. The number of anilines is 2. The molecule has 0 saturated heterocycles. The lowest BCUT2D eigenvalue weighted by Gasteiger charge is -2.12. The number of aromatic nitrogens is 1. The number of hydrogen-bond donors (Lipinski definition) is 3. The summed E-state index contributed by atoms with van der Waals surface area (Å²) in [6.07, 6.45) is 3.31. The van der Waals surface area contributed by atoms with Gasteiger partial charge in [0.1, 0.15) is 11.9 Å². The van der Waals surface area contributed by atoms with Gasteiger partial charge in [0, 0.05) is 6.54 Å². The maximum absolute atomic E-state index is 9.67. The fourth-order valence-corrected chi connectivity index (χ4v) is 1.56. The first-order valence-corrected chi connectivity index (χ1v) is 5.28. The van der Waals surface area contributed by atoms with Gasteiger partial charge in [0.05, 0.1) is 23.6 Å². The molecule has 0 radical (unpaired) electrons. The molecule has 5 heteroatoms. The Morgan fingerprint density at radius 1 is 1.69 bits per heavy atom. The molecule has 5 nitrogen and oxygen atoms in total. The number of nitrogen functional groups attached to an aromatic ring is 1. The van der Waals surface area contributed by atoms with Gasteiger partial charge in [-0.25, -0.2) is 4.98 Å². The zero-order chi connectivity index (χ0) is 11.5. The van der Waals surface area contributed by atoms with E-state index in [2.05, 4.69) is 10.3 Å². The third-order valence-electron chi connectivity index (χ3n) is 2.67. The Morgan fingerprint density at radius 3 is 3.06 bits per heavy atom. The molecule has 1 heterocycles. The Kier molecular flexibility index (Phi) is 2.93. The van der Waals surface area contributed by atoms with E-state index in [1.807, 2.05) is 6.07 Å². The summed E-state index contributed by atoms with van der Waals surface area (Å²) in [5.41, 5.74) is 6.39. The highest BCUT2D eigenvalue weighted by atomic mass is 16.3. The van der Waals surface area contributed by atoms with Crippen LogP contribution >= 0.6 is 0 Å². The zero-order valence-corrected chi connectivity index (χ0v) is 8.85. The molecule has 0 bridgehead atoms. The molecular weight excluding hydrogens is 204 g/mol. The summed E-state index contributed by atoms with van der Waals surface area (Å²) in [7, 11) is 0. The molecule has 0 amide bonds. The Hall–Kier alpha value is -1.80. The first-order chi connectivity index (χ1) is 7.70. The molecule has 1 aromatic rings. The quantitative estimate of drug-likeness (QED) is 0.692. The third-order valence-corrected chi connectivity index (χ3v) is 2.67. The lowest BCUT2D eigenvalue weighted by Crippen LogP contribution is -2.22. The number of nitrogens with two attached hydrogens (primary N) is 1. The third kappa shape index (κ3) is 2.41. The van der Waals surface area contributed by atoms with Crippen LogP contribution in [0.5, 0.6) is 0 Å². The molecule has 1 aliphatic carbocycles. The largest absolute Gasteiger partial charge is 0.397 e. The van der Waals surface area contributed by atoms with Crippen molar-refractivity contribution in [2.45, 2.75) is 18.9 Å². The van der Waals surface area contributed by atoms with Crippen molar-refractivity contribution in [1.29, 1.82) is 5.26 Å². The van der Waals surface area contributed by atoms with Crippen LogP contribution in [0.1, 0.15) is 18.4 Å². The first kappa shape index (κ1) is 10.7. The molecule has 84 valence electrons. The summed E-state index contributed by atoms with van der Waals surface area (Å²) in [6, 6.07) is 3.59. The molecule has 2 rings (SSSR count).